The summed E-state index contributed by atoms with van der Waals surface area (Å²) in [4.78, 5) is 26.1. The molecule has 0 aromatic heterocycles. The number of rotatable bonds is 1. The second-order valence-electron chi connectivity index (χ2n) is 4.31. The van der Waals surface area contributed by atoms with Gasteiger partial charge in [-0.2, -0.15) is 0 Å². The highest BCUT2D eigenvalue weighted by Gasteiger charge is 2.36. The van der Waals surface area contributed by atoms with Gasteiger partial charge in [-0.15, -0.1) is 0 Å². The molecule has 0 spiro atoms. The summed E-state index contributed by atoms with van der Waals surface area (Å²) in [6.07, 6.45) is 1.27. The van der Waals surface area contributed by atoms with Crippen molar-refractivity contribution in [3.63, 3.8) is 0 Å². The number of hydrogen-bond acceptors (Lipinski definition) is 3. The average Bonchev–Trinajstić information content (AvgIpc) is 2.78. The molecule has 6 nitrogen and oxygen atoms in total. The standard InChI is InChI=1S/C10H16N2O4S/c13-9(14)8-2-1-3-12(8)10(15)11-4-6-17(16)7-5-11/h8H,1-7H2,(H,13,14)/t8-/m0/s1. The van der Waals surface area contributed by atoms with Crippen LogP contribution in [0.2, 0.25) is 0 Å². The lowest BCUT2D eigenvalue weighted by molar-refractivity contribution is -0.141. The Morgan fingerprint density at radius 3 is 2.41 bits per heavy atom. The number of nitrogens with zero attached hydrogens (tertiary/aromatic N) is 2. The third kappa shape index (κ3) is 2.59. The van der Waals surface area contributed by atoms with E-state index in [9.17, 15) is 13.8 Å². The van der Waals surface area contributed by atoms with E-state index < -0.39 is 22.8 Å². The lowest BCUT2D eigenvalue weighted by atomic mass is 10.2. The van der Waals surface area contributed by atoms with Crippen LogP contribution in [-0.4, -0.2) is 68.3 Å². The monoisotopic (exact) mass is 260 g/mol. The summed E-state index contributed by atoms with van der Waals surface area (Å²) in [6, 6.07) is -0.901. The fraction of sp³-hybridized carbons (Fsp3) is 0.800. The van der Waals surface area contributed by atoms with Crippen molar-refractivity contribution in [2.75, 3.05) is 31.1 Å². The van der Waals surface area contributed by atoms with Crippen LogP contribution >= 0.6 is 0 Å². The molecular weight excluding hydrogens is 244 g/mol. The highest BCUT2D eigenvalue weighted by molar-refractivity contribution is 7.85. The Kier molecular flexibility index (Phi) is 3.66. The van der Waals surface area contributed by atoms with Crippen LogP contribution in [0.25, 0.3) is 0 Å². The first-order chi connectivity index (χ1) is 8.09. The molecule has 2 fully saturated rings. The Morgan fingerprint density at radius 2 is 1.82 bits per heavy atom. The van der Waals surface area contributed by atoms with Gasteiger partial charge in [0.2, 0.25) is 0 Å². The maximum atomic E-state index is 12.1. The first-order valence-electron chi connectivity index (χ1n) is 5.73. The highest BCUT2D eigenvalue weighted by Crippen LogP contribution is 2.19. The minimum Gasteiger partial charge on any atom is -0.480 e. The van der Waals surface area contributed by atoms with E-state index in [0.29, 0.717) is 37.6 Å². The molecule has 2 aliphatic heterocycles. The number of hydrogen-bond donors (Lipinski definition) is 1. The molecule has 0 saturated carbocycles. The molecule has 7 heteroatoms. The minimum atomic E-state index is -0.934. The number of carbonyl (C=O) groups excluding carboxylic acids is 1. The maximum Gasteiger partial charge on any atom is 0.326 e. The van der Waals surface area contributed by atoms with Crippen molar-refractivity contribution >= 4 is 22.8 Å². The van der Waals surface area contributed by atoms with Gasteiger partial charge in [0.15, 0.2) is 0 Å². The number of likely N-dealkylation sites (tertiary alicyclic amines) is 1. The predicted octanol–water partition coefficient (Wildman–Crippen LogP) is -0.280. The van der Waals surface area contributed by atoms with Crippen LogP contribution in [0.15, 0.2) is 0 Å². The molecule has 2 aliphatic rings. The molecule has 0 unspecified atom stereocenters. The van der Waals surface area contributed by atoms with Crippen molar-refractivity contribution < 1.29 is 18.9 Å². The smallest absolute Gasteiger partial charge is 0.326 e. The first kappa shape index (κ1) is 12.3. The Bertz CT molecular complexity index is 350. The van der Waals surface area contributed by atoms with Crippen molar-refractivity contribution in [3.8, 4) is 0 Å². The van der Waals surface area contributed by atoms with Gasteiger partial charge in [0.25, 0.3) is 0 Å². The summed E-state index contributed by atoms with van der Waals surface area (Å²) in [5, 5.41) is 9.01. The molecule has 0 aliphatic carbocycles. The van der Waals surface area contributed by atoms with E-state index >= 15 is 0 Å². The fourth-order valence-corrected chi connectivity index (χ4v) is 3.32. The Labute approximate surface area is 102 Å². The van der Waals surface area contributed by atoms with Crippen molar-refractivity contribution in [1.82, 2.24) is 9.80 Å². The maximum absolute atomic E-state index is 12.1. The van der Waals surface area contributed by atoms with E-state index in [4.69, 9.17) is 5.11 Å². The van der Waals surface area contributed by atoms with E-state index in [1.54, 1.807) is 4.90 Å². The molecule has 96 valence electrons. The van der Waals surface area contributed by atoms with Gasteiger partial charge >= 0.3 is 12.0 Å². The van der Waals surface area contributed by atoms with Crippen LogP contribution in [-0.2, 0) is 15.6 Å². The number of carbonyl (C=O) groups is 2. The molecule has 2 rings (SSSR count). The average molecular weight is 260 g/mol. The minimum absolute atomic E-state index is 0.216. The molecule has 0 aromatic carbocycles. The second-order valence-corrected chi connectivity index (χ2v) is 6.00. The molecule has 1 atom stereocenters. The third-order valence-electron chi connectivity index (χ3n) is 3.23. The van der Waals surface area contributed by atoms with Crippen LogP contribution in [0.4, 0.5) is 4.79 Å². The van der Waals surface area contributed by atoms with Crippen molar-refractivity contribution in [2.24, 2.45) is 0 Å². The van der Waals surface area contributed by atoms with Gasteiger partial charge < -0.3 is 14.9 Å². The molecule has 2 saturated heterocycles. The number of carboxylic acid groups (broad SMARTS) is 1. The zero-order valence-corrected chi connectivity index (χ0v) is 10.3. The number of aliphatic carboxylic acids is 1. The molecule has 0 radical (unpaired) electrons. The van der Waals surface area contributed by atoms with E-state index in [-0.39, 0.29) is 6.03 Å². The van der Waals surface area contributed by atoms with Crippen molar-refractivity contribution in [3.05, 3.63) is 0 Å². The van der Waals surface area contributed by atoms with Crippen LogP contribution in [0.3, 0.4) is 0 Å². The first-order valence-corrected chi connectivity index (χ1v) is 7.21. The molecule has 17 heavy (non-hydrogen) atoms. The fourth-order valence-electron chi connectivity index (χ4n) is 2.26. The Hall–Kier alpha value is -1.11. The molecule has 2 heterocycles. The zero-order valence-electron chi connectivity index (χ0n) is 9.50. The van der Waals surface area contributed by atoms with Gasteiger partial charge in [-0.25, -0.2) is 9.59 Å². The summed E-state index contributed by atoms with van der Waals surface area (Å²) in [6.45, 7) is 1.44. The molecule has 1 N–H and O–H groups in total. The second kappa shape index (κ2) is 5.03. The SMILES string of the molecule is O=C(O)[C@@H]1CCCN1C(=O)N1CCS(=O)CC1. The molecule has 2 amide bonds. The number of carboxylic acids is 1. The van der Waals surface area contributed by atoms with Gasteiger partial charge in [-0.1, -0.05) is 0 Å². The zero-order chi connectivity index (χ0) is 12.4. The van der Waals surface area contributed by atoms with Gasteiger partial charge in [0, 0.05) is 41.9 Å². The van der Waals surface area contributed by atoms with Crippen molar-refractivity contribution in [2.45, 2.75) is 18.9 Å². The summed E-state index contributed by atoms with van der Waals surface area (Å²) < 4.78 is 11.2. The summed E-state index contributed by atoms with van der Waals surface area (Å²) in [5.41, 5.74) is 0. The van der Waals surface area contributed by atoms with E-state index in [0.717, 1.165) is 6.42 Å². The summed E-state index contributed by atoms with van der Waals surface area (Å²) >= 11 is 0. The summed E-state index contributed by atoms with van der Waals surface area (Å²) in [7, 11) is -0.825. The van der Waals surface area contributed by atoms with E-state index in [2.05, 4.69) is 0 Å². The highest BCUT2D eigenvalue weighted by atomic mass is 32.2. The van der Waals surface area contributed by atoms with Crippen LogP contribution in [0, 0.1) is 0 Å². The lowest BCUT2D eigenvalue weighted by Gasteiger charge is -2.32. The lowest BCUT2D eigenvalue weighted by Crippen LogP contribution is -2.51. The Balaban J connectivity index is 1.99. The van der Waals surface area contributed by atoms with Crippen LogP contribution in [0.1, 0.15) is 12.8 Å². The molecular formula is C10H16N2O4S. The predicted molar refractivity (Wildman–Crippen MR) is 62.2 cm³/mol. The van der Waals surface area contributed by atoms with Crippen LogP contribution < -0.4 is 0 Å². The van der Waals surface area contributed by atoms with Gasteiger partial charge in [0.05, 0.1) is 0 Å². The van der Waals surface area contributed by atoms with E-state index in [1.807, 2.05) is 0 Å². The largest absolute Gasteiger partial charge is 0.480 e. The normalized spacial score (nSPS) is 26.2. The van der Waals surface area contributed by atoms with Gasteiger partial charge in [-0.05, 0) is 12.8 Å². The van der Waals surface area contributed by atoms with Gasteiger partial charge in [-0.3, -0.25) is 4.21 Å². The Morgan fingerprint density at radius 1 is 1.18 bits per heavy atom. The van der Waals surface area contributed by atoms with E-state index in [1.165, 1.54) is 4.90 Å². The van der Waals surface area contributed by atoms with Crippen LogP contribution in [0.5, 0.6) is 0 Å². The van der Waals surface area contributed by atoms with Gasteiger partial charge in [0.1, 0.15) is 6.04 Å². The number of amides is 2. The molecule has 0 bridgehead atoms. The quantitative estimate of drug-likeness (QED) is 0.703. The topological polar surface area (TPSA) is 77.9 Å². The van der Waals surface area contributed by atoms with Crippen molar-refractivity contribution in [1.29, 1.82) is 0 Å². The molecule has 0 aromatic rings. The third-order valence-corrected chi connectivity index (χ3v) is 4.51. The summed E-state index contributed by atoms with van der Waals surface area (Å²) in [5.74, 6) is 0.0608. The number of urea groups is 1.